The molecule has 0 aromatic heterocycles. The van der Waals surface area contributed by atoms with Crippen molar-refractivity contribution in [1.29, 1.82) is 0 Å². The Hall–Kier alpha value is -2.07. The zero-order chi connectivity index (χ0) is 12.9. The smallest absolute Gasteiger partial charge is 0.198 e. The van der Waals surface area contributed by atoms with Crippen molar-refractivity contribution in [2.75, 3.05) is 0 Å². The molecule has 90 valence electrons. The molecule has 1 aromatic carbocycles. The summed E-state index contributed by atoms with van der Waals surface area (Å²) in [6, 6.07) is 7.13. The number of ether oxygens (including phenoxy) is 1. The zero-order valence-corrected chi connectivity index (χ0v) is 9.67. The molecule has 0 amide bonds. The van der Waals surface area contributed by atoms with Crippen molar-refractivity contribution in [3.8, 4) is 0 Å². The van der Waals surface area contributed by atoms with Gasteiger partial charge in [0.2, 0.25) is 0 Å². The van der Waals surface area contributed by atoms with Crippen LogP contribution in [0.3, 0.4) is 0 Å². The van der Waals surface area contributed by atoms with Gasteiger partial charge in [-0.05, 0) is 23.4 Å². The molecule has 3 rings (SSSR count). The molecular weight excluding hydrogens is 232 g/mol. The van der Waals surface area contributed by atoms with Gasteiger partial charge in [0.15, 0.2) is 29.6 Å². The van der Waals surface area contributed by atoms with Crippen LogP contribution in [0.25, 0.3) is 11.6 Å². The molecule has 0 radical (unpaired) electrons. The lowest BCUT2D eigenvalue weighted by molar-refractivity contribution is -0.137. The van der Waals surface area contributed by atoms with E-state index >= 15 is 0 Å². The van der Waals surface area contributed by atoms with E-state index in [2.05, 4.69) is 0 Å². The first kappa shape index (κ1) is 11.0. The number of hydrogen-bond acceptors (Lipinski definition) is 4. The minimum atomic E-state index is -1.13. The van der Waals surface area contributed by atoms with Crippen LogP contribution in [0, 0.1) is 0 Å². The van der Waals surface area contributed by atoms with Gasteiger partial charge in [0.25, 0.3) is 0 Å². The highest BCUT2D eigenvalue weighted by Crippen LogP contribution is 2.25. The van der Waals surface area contributed by atoms with Crippen LogP contribution in [0.1, 0.15) is 6.92 Å². The molecule has 4 nitrogen and oxygen atoms in total. The SMILES string of the molecule is CC(=O)C1OC2C(=O)C=c3ccccc3=C2C1=O. The topological polar surface area (TPSA) is 60.4 Å². The molecule has 1 aliphatic carbocycles. The van der Waals surface area contributed by atoms with E-state index in [0.29, 0.717) is 16.0 Å². The van der Waals surface area contributed by atoms with Crippen LogP contribution in [-0.4, -0.2) is 29.6 Å². The van der Waals surface area contributed by atoms with Crippen LogP contribution < -0.4 is 10.4 Å². The fourth-order valence-corrected chi connectivity index (χ4v) is 2.40. The van der Waals surface area contributed by atoms with Gasteiger partial charge in [-0.1, -0.05) is 24.3 Å². The highest BCUT2D eigenvalue weighted by atomic mass is 16.5. The molecule has 0 saturated carbocycles. The average Bonchev–Trinajstić information content (AvgIpc) is 2.69. The molecule has 1 aromatic rings. The van der Waals surface area contributed by atoms with E-state index in [1.165, 1.54) is 13.0 Å². The van der Waals surface area contributed by atoms with Crippen LogP contribution in [0.4, 0.5) is 0 Å². The fraction of sp³-hybridized carbons (Fsp3) is 0.214. The monoisotopic (exact) mass is 242 g/mol. The van der Waals surface area contributed by atoms with Crippen molar-refractivity contribution in [1.82, 2.24) is 0 Å². The Morgan fingerprint density at radius 1 is 1.22 bits per heavy atom. The third-order valence-electron chi connectivity index (χ3n) is 3.21. The summed E-state index contributed by atoms with van der Waals surface area (Å²) in [5.41, 5.74) is 0.318. The Balaban J connectivity index is 2.32. The van der Waals surface area contributed by atoms with Crippen molar-refractivity contribution >= 4 is 29.0 Å². The van der Waals surface area contributed by atoms with Gasteiger partial charge in [-0.25, -0.2) is 0 Å². The molecular formula is C14H10O4. The summed E-state index contributed by atoms with van der Waals surface area (Å²) in [4.78, 5) is 35.4. The summed E-state index contributed by atoms with van der Waals surface area (Å²) >= 11 is 0. The first-order valence-electron chi connectivity index (χ1n) is 5.64. The quantitative estimate of drug-likeness (QED) is 0.600. The molecule has 4 heteroatoms. The number of Topliss-reactive ketones (excluding diaryl/α,β-unsaturated/α-hetero) is 3. The van der Waals surface area contributed by atoms with Crippen molar-refractivity contribution in [3.63, 3.8) is 0 Å². The molecule has 0 bridgehead atoms. The Kier molecular flexibility index (Phi) is 2.28. The molecule has 0 N–H and O–H groups in total. The molecule has 1 fully saturated rings. The maximum Gasteiger partial charge on any atom is 0.198 e. The maximum atomic E-state index is 12.1. The Morgan fingerprint density at radius 2 is 1.94 bits per heavy atom. The van der Waals surface area contributed by atoms with Gasteiger partial charge in [-0.2, -0.15) is 0 Å². The largest absolute Gasteiger partial charge is 0.346 e. The number of fused-ring (bicyclic) bond motifs is 2. The van der Waals surface area contributed by atoms with Crippen LogP contribution in [0.5, 0.6) is 0 Å². The lowest BCUT2D eigenvalue weighted by Crippen LogP contribution is -2.39. The van der Waals surface area contributed by atoms with Crippen molar-refractivity contribution in [2.24, 2.45) is 0 Å². The molecule has 18 heavy (non-hydrogen) atoms. The van der Waals surface area contributed by atoms with Gasteiger partial charge in [-0.3, -0.25) is 14.4 Å². The van der Waals surface area contributed by atoms with E-state index in [9.17, 15) is 14.4 Å². The summed E-state index contributed by atoms with van der Waals surface area (Å²) in [6.45, 7) is 1.29. The van der Waals surface area contributed by atoms with Crippen LogP contribution in [0.2, 0.25) is 0 Å². The standard InChI is InChI=1S/C14H10O4/c1-7(15)13-12(17)11-9-5-3-2-4-8(9)6-10(16)14(11)18-13/h2-6,13-14H,1H3. The second kappa shape index (κ2) is 3.71. The third-order valence-corrected chi connectivity index (χ3v) is 3.21. The minimum absolute atomic E-state index is 0.277. The third kappa shape index (κ3) is 1.39. The van der Waals surface area contributed by atoms with Gasteiger partial charge in [-0.15, -0.1) is 0 Å². The second-order valence-corrected chi connectivity index (χ2v) is 4.42. The fourth-order valence-electron chi connectivity index (χ4n) is 2.40. The number of ketones is 3. The van der Waals surface area contributed by atoms with E-state index < -0.39 is 12.2 Å². The highest BCUT2D eigenvalue weighted by Gasteiger charge is 2.45. The lowest BCUT2D eigenvalue weighted by Gasteiger charge is -2.11. The van der Waals surface area contributed by atoms with Crippen LogP contribution >= 0.6 is 0 Å². The van der Waals surface area contributed by atoms with Crippen molar-refractivity contribution < 1.29 is 19.1 Å². The number of carbonyl (C=O) groups is 3. The number of benzene rings is 1. The van der Waals surface area contributed by atoms with E-state index in [1.54, 1.807) is 24.3 Å². The predicted octanol–water partition coefficient (Wildman–Crippen LogP) is -0.874. The lowest BCUT2D eigenvalue weighted by atomic mass is 9.93. The number of rotatable bonds is 1. The molecule has 1 heterocycles. The molecule has 2 unspecified atom stereocenters. The van der Waals surface area contributed by atoms with Crippen LogP contribution in [-0.2, 0) is 19.1 Å². The van der Waals surface area contributed by atoms with E-state index in [-0.39, 0.29) is 17.3 Å². The van der Waals surface area contributed by atoms with Crippen molar-refractivity contribution in [3.05, 3.63) is 34.7 Å². The number of hydrogen-bond donors (Lipinski definition) is 0. The van der Waals surface area contributed by atoms with Crippen molar-refractivity contribution in [2.45, 2.75) is 19.1 Å². The van der Waals surface area contributed by atoms with E-state index in [1.807, 2.05) is 0 Å². The summed E-state index contributed by atoms with van der Waals surface area (Å²) in [5, 5.41) is 1.39. The second-order valence-electron chi connectivity index (χ2n) is 4.42. The van der Waals surface area contributed by atoms with E-state index in [0.717, 1.165) is 0 Å². The Labute approximate surface area is 103 Å². The normalized spacial score (nSPS) is 25.5. The van der Waals surface area contributed by atoms with Gasteiger partial charge in [0, 0.05) is 5.57 Å². The first-order valence-corrected chi connectivity index (χ1v) is 5.64. The minimum Gasteiger partial charge on any atom is -0.346 e. The Morgan fingerprint density at radius 3 is 2.67 bits per heavy atom. The molecule has 1 saturated heterocycles. The summed E-state index contributed by atoms with van der Waals surface area (Å²) in [6.07, 6.45) is -0.589. The highest BCUT2D eigenvalue weighted by molar-refractivity contribution is 6.34. The molecule has 1 aliphatic heterocycles. The first-order chi connectivity index (χ1) is 8.59. The Bertz CT molecular complexity index is 699. The van der Waals surface area contributed by atoms with Crippen LogP contribution in [0.15, 0.2) is 24.3 Å². The van der Waals surface area contributed by atoms with E-state index in [4.69, 9.17) is 4.74 Å². The summed E-state index contributed by atoms with van der Waals surface area (Å²) < 4.78 is 5.29. The average molecular weight is 242 g/mol. The van der Waals surface area contributed by atoms with Gasteiger partial charge in [0.1, 0.15) is 0 Å². The zero-order valence-electron chi connectivity index (χ0n) is 9.67. The summed E-state index contributed by atoms with van der Waals surface area (Å²) in [7, 11) is 0. The molecule has 2 atom stereocenters. The number of carbonyl (C=O) groups excluding carboxylic acids is 3. The maximum absolute atomic E-state index is 12.1. The predicted molar refractivity (Wildman–Crippen MR) is 62.9 cm³/mol. The molecule has 0 spiro atoms. The summed E-state index contributed by atoms with van der Waals surface area (Å²) in [5.74, 6) is -1.03. The van der Waals surface area contributed by atoms with Gasteiger partial charge < -0.3 is 4.74 Å². The molecule has 2 aliphatic rings. The van der Waals surface area contributed by atoms with Gasteiger partial charge in [0.05, 0.1) is 0 Å². The van der Waals surface area contributed by atoms with Gasteiger partial charge >= 0.3 is 0 Å².